The Morgan fingerprint density at radius 1 is 1.61 bits per heavy atom. The van der Waals surface area contributed by atoms with Gasteiger partial charge >= 0.3 is 0 Å². The maximum Gasteiger partial charge on any atom is 0.297 e. The van der Waals surface area contributed by atoms with E-state index in [1.165, 1.54) is 4.90 Å². The summed E-state index contributed by atoms with van der Waals surface area (Å²) < 4.78 is 0. The summed E-state index contributed by atoms with van der Waals surface area (Å²) in [5, 5.41) is 3.41. The van der Waals surface area contributed by atoms with Crippen LogP contribution in [0.15, 0.2) is 28.5 Å². The second kappa shape index (κ2) is 7.34. The molecule has 0 saturated carbocycles. The van der Waals surface area contributed by atoms with E-state index < -0.39 is 0 Å². The predicted molar refractivity (Wildman–Crippen MR) is 92.2 cm³/mol. The number of amides is 1. The number of allylic oxidation sites excluding steroid dienone is 3. The zero-order chi connectivity index (χ0) is 17.0. The lowest BCUT2D eigenvalue weighted by atomic mass is 9.94. The number of carbonyl (C=O) groups is 1. The average molecular weight is 315 g/mol. The third-order valence-corrected chi connectivity index (χ3v) is 3.91. The van der Waals surface area contributed by atoms with Crippen molar-refractivity contribution in [3.63, 3.8) is 0 Å². The fourth-order valence-corrected chi connectivity index (χ4v) is 2.51. The highest BCUT2D eigenvalue weighted by atomic mass is 16.2. The van der Waals surface area contributed by atoms with E-state index in [0.717, 1.165) is 24.2 Å². The molecule has 6 nitrogen and oxygen atoms in total. The van der Waals surface area contributed by atoms with Crippen molar-refractivity contribution in [1.29, 1.82) is 0 Å². The molecule has 1 heterocycles. The van der Waals surface area contributed by atoms with Crippen molar-refractivity contribution in [1.82, 2.24) is 15.1 Å². The number of nitrogens with two attached hydrogens (primary N) is 1. The molecule has 3 unspecified atom stereocenters. The van der Waals surface area contributed by atoms with Crippen LogP contribution < -0.4 is 11.1 Å². The molecule has 2 aliphatic rings. The molecule has 0 aromatic heterocycles. The van der Waals surface area contributed by atoms with Gasteiger partial charge < -0.3 is 20.9 Å². The summed E-state index contributed by atoms with van der Waals surface area (Å²) >= 11 is 0. The van der Waals surface area contributed by atoms with Gasteiger partial charge in [-0.1, -0.05) is 18.9 Å². The third kappa shape index (κ3) is 3.93. The maximum absolute atomic E-state index is 11.6. The first-order valence-electron chi connectivity index (χ1n) is 7.84. The summed E-state index contributed by atoms with van der Waals surface area (Å²) in [6, 6.07) is 0. The van der Waals surface area contributed by atoms with Crippen molar-refractivity contribution < 1.29 is 4.79 Å². The Balaban J connectivity index is 2.14. The molecule has 3 atom stereocenters. The monoisotopic (exact) mass is 315 g/mol. The second-order valence-corrected chi connectivity index (χ2v) is 5.93. The van der Waals surface area contributed by atoms with Gasteiger partial charge in [-0.05, 0) is 18.4 Å². The van der Waals surface area contributed by atoms with Crippen molar-refractivity contribution in [2.75, 3.05) is 21.1 Å². The Morgan fingerprint density at radius 3 is 3.00 bits per heavy atom. The maximum atomic E-state index is 11.6. The summed E-state index contributed by atoms with van der Waals surface area (Å²) in [5.74, 6) is 5.55. The van der Waals surface area contributed by atoms with E-state index in [-0.39, 0.29) is 24.2 Å². The van der Waals surface area contributed by atoms with Crippen LogP contribution in [-0.2, 0) is 4.79 Å². The number of nitrogens with zero attached hydrogens (tertiary/aromatic N) is 3. The molecular formula is C17H25N5O. The summed E-state index contributed by atoms with van der Waals surface area (Å²) in [4.78, 5) is 19.6. The molecule has 1 amide bonds. The lowest BCUT2D eigenvalue weighted by Gasteiger charge is -2.41. The topological polar surface area (TPSA) is 74.0 Å². The molecule has 6 heteroatoms. The van der Waals surface area contributed by atoms with Gasteiger partial charge in [-0.25, -0.2) is 0 Å². The van der Waals surface area contributed by atoms with Gasteiger partial charge in [-0.2, -0.15) is 0 Å². The molecule has 1 aliphatic heterocycles. The molecule has 2 rings (SSSR count). The lowest BCUT2D eigenvalue weighted by Crippen LogP contribution is -2.57. The van der Waals surface area contributed by atoms with Crippen molar-refractivity contribution in [3.05, 3.63) is 23.5 Å². The Hall–Kier alpha value is -2.26. The molecule has 0 saturated heterocycles. The summed E-state index contributed by atoms with van der Waals surface area (Å²) in [7, 11) is 5.37. The molecule has 0 fully saturated rings. The van der Waals surface area contributed by atoms with Gasteiger partial charge in [0.15, 0.2) is 6.17 Å². The van der Waals surface area contributed by atoms with Crippen LogP contribution in [0.4, 0.5) is 0 Å². The van der Waals surface area contributed by atoms with E-state index >= 15 is 0 Å². The van der Waals surface area contributed by atoms with Crippen LogP contribution in [0.5, 0.6) is 0 Å². The number of carbonyl (C=O) groups excluding carboxylic acids is 1. The van der Waals surface area contributed by atoms with E-state index in [0.29, 0.717) is 0 Å². The van der Waals surface area contributed by atoms with Gasteiger partial charge in [0.25, 0.3) is 5.91 Å². The van der Waals surface area contributed by atoms with Crippen LogP contribution >= 0.6 is 0 Å². The minimum Gasteiger partial charge on any atom is -0.363 e. The zero-order valence-corrected chi connectivity index (χ0v) is 14.2. The quantitative estimate of drug-likeness (QED) is 0.575. The summed E-state index contributed by atoms with van der Waals surface area (Å²) in [6.07, 6.45) is 7.15. The van der Waals surface area contributed by atoms with Gasteiger partial charge in [0.2, 0.25) is 0 Å². The standard InChI is InChI=1S/C17H25N5O/c1-5-10-19-17-16(18)22(4)14-8-6-12(11-13(14)20-17)7-9-15(23)21(2)3/h6,8,10,12,16-17,20H,5,11,18H2,1-4H3/b19-10-. The van der Waals surface area contributed by atoms with Crippen molar-refractivity contribution in [3.8, 4) is 11.8 Å². The first kappa shape index (κ1) is 17.1. The first-order valence-corrected chi connectivity index (χ1v) is 7.84. The first-order chi connectivity index (χ1) is 10.9. The lowest BCUT2D eigenvalue weighted by molar-refractivity contribution is -0.122. The van der Waals surface area contributed by atoms with Crippen LogP contribution in [0, 0.1) is 17.8 Å². The van der Waals surface area contributed by atoms with Crippen molar-refractivity contribution in [2.45, 2.75) is 32.1 Å². The van der Waals surface area contributed by atoms with E-state index in [1.54, 1.807) is 14.1 Å². The molecule has 124 valence electrons. The Bertz CT molecular complexity index is 608. The van der Waals surface area contributed by atoms with Crippen molar-refractivity contribution >= 4 is 12.1 Å². The fraction of sp³-hybridized carbons (Fsp3) is 0.529. The molecule has 0 aromatic rings. The second-order valence-electron chi connectivity index (χ2n) is 5.93. The zero-order valence-electron chi connectivity index (χ0n) is 14.2. The van der Waals surface area contributed by atoms with E-state index in [9.17, 15) is 4.79 Å². The minimum absolute atomic E-state index is 0.0173. The van der Waals surface area contributed by atoms with Gasteiger partial charge in [-0.15, -0.1) is 0 Å². The van der Waals surface area contributed by atoms with Crippen molar-refractivity contribution in [2.24, 2.45) is 16.6 Å². The Labute approximate surface area is 138 Å². The number of aliphatic imine (C=N–C) groups is 1. The Morgan fingerprint density at radius 2 is 2.35 bits per heavy atom. The van der Waals surface area contributed by atoms with Gasteiger partial charge in [0.05, 0.1) is 5.70 Å². The number of likely N-dealkylation sites (N-methyl/N-ethyl adjacent to an activating group) is 1. The van der Waals surface area contributed by atoms with Gasteiger partial charge in [0, 0.05) is 45.4 Å². The third-order valence-electron chi connectivity index (χ3n) is 3.91. The predicted octanol–water partition coefficient (Wildman–Crippen LogP) is 0.492. The van der Waals surface area contributed by atoms with Crippen LogP contribution in [-0.4, -0.2) is 55.4 Å². The minimum atomic E-state index is -0.209. The number of nitrogens with one attached hydrogen (secondary N) is 1. The molecule has 0 radical (unpaired) electrons. The smallest absolute Gasteiger partial charge is 0.297 e. The van der Waals surface area contributed by atoms with Crippen LogP contribution in [0.3, 0.4) is 0 Å². The highest BCUT2D eigenvalue weighted by molar-refractivity contribution is 5.93. The number of hydrogen-bond acceptors (Lipinski definition) is 5. The summed E-state index contributed by atoms with van der Waals surface area (Å²) in [6.45, 7) is 2.04. The van der Waals surface area contributed by atoms with E-state index in [4.69, 9.17) is 5.73 Å². The van der Waals surface area contributed by atoms with Crippen LogP contribution in [0.1, 0.15) is 19.8 Å². The van der Waals surface area contributed by atoms with E-state index in [2.05, 4.69) is 22.2 Å². The molecule has 0 spiro atoms. The molecular weight excluding hydrogens is 290 g/mol. The van der Waals surface area contributed by atoms with E-state index in [1.807, 2.05) is 37.2 Å². The SMILES string of the molecule is CC/C=N\C1NC2=C(C=CC(C#CC(=O)N(C)C)C2)N(C)C1N. The fourth-order valence-electron chi connectivity index (χ4n) is 2.51. The number of rotatable bonds is 2. The normalized spacial score (nSPS) is 26.5. The average Bonchev–Trinajstić information content (AvgIpc) is 2.54. The molecule has 3 N–H and O–H groups in total. The Kier molecular flexibility index (Phi) is 5.45. The molecule has 1 aliphatic carbocycles. The largest absolute Gasteiger partial charge is 0.363 e. The number of hydrogen-bond donors (Lipinski definition) is 2. The van der Waals surface area contributed by atoms with Crippen LogP contribution in [0.25, 0.3) is 0 Å². The molecule has 0 bridgehead atoms. The highest BCUT2D eigenvalue weighted by Gasteiger charge is 2.31. The van der Waals surface area contributed by atoms with Crippen LogP contribution in [0.2, 0.25) is 0 Å². The molecule has 0 aromatic carbocycles. The molecule has 23 heavy (non-hydrogen) atoms. The summed E-state index contributed by atoms with van der Waals surface area (Å²) in [5.41, 5.74) is 8.38. The highest BCUT2D eigenvalue weighted by Crippen LogP contribution is 2.28. The van der Waals surface area contributed by atoms with Gasteiger partial charge in [0.1, 0.15) is 6.17 Å². The van der Waals surface area contributed by atoms with Gasteiger partial charge in [-0.3, -0.25) is 9.79 Å².